The van der Waals surface area contributed by atoms with Gasteiger partial charge in [0.25, 0.3) is 15.9 Å². The average molecular weight is 439 g/mol. The second-order valence-electron chi connectivity index (χ2n) is 7.39. The molecule has 3 aromatic rings. The minimum absolute atomic E-state index is 0.130. The number of fused-ring (bicyclic) bond motifs is 2. The van der Waals surface area contributed by atoms with E-state index < -0.39 is 10.0 Å². The van der Waals surface area contributed by atoms with Crippen LogP contribution in [-0.4, -0.2) is 28.5 Å². The minimum Gasteiger partial charge on any atom is -0.497 e. The molecule has 31 heavy (non-hydrogen) atoms. The summed E-state index contributed by atoms with van der Waals surface area (Å²) < 4.78 is 39.5. The number of rotatable bonds is 4. The van der Waals surface area contributed by atoms with Crippen LogP contribution in [0.1, 0.15) is 21.5 Å². The summed E-state index contributed by atoms with van der Waals surface area (Å²) in [7, 11) is -0.682. The number of hydrogen-bond donors (Lipinski definition) is 1. The van der Waals surface area contributed by atoms with Crippen LogP contribution in [0.4, 0.5) is 11.4 Å². The number of nitrogens with zero attached hydrogens (tertiary/aromatic N) is 1. The third-order valence-corrected chi connectivity index (χ3v) is 6.68. The Bertz CT molecular complexity index is 1300. The van der Waals surface area contributed by atoms with E-state index in [1.807, 2.05) is 25.1 Å². The monoisotopic (exact) mass is 438 g/mol. The lowest BCUT2D eigenvalue weighted by Crippen LogP contribution is -2.25. The predicted octanol–water partition coefficient (Wildman–Crippen LogP) is 4.50. The number of nitrogens with one attached hydrogen (secondary N) is 1. The molecule has 160 valence electrons. The van der Waals surface area contributed by atoms with E-state index in [2.05, 4.69) is 4.72 Å². The second-order valence-corrected chi connectivity index (χ2v) is 9.04. The van der Waals surface area contributed by atoms with Gasteiger partial charge >= 0.3 is 0 Å². The van der Waals surface area contributed by atoms with Crippen molar-refractivity contribution in [1.82, 2.24) is 0 Å². The fourth-order valence-corrected chi connectivity index (χ4v) is 4.77. The van der Waals surface area contributed by atoms with E-state index >= 15 is 0 Å². The topological polar surface area (TPSA) is 84.9 Å². The summed E-state index contributed by atoms with van der Waals surface area (Å²) in [5.41, 5.74) is 2.73. The highest BCUT2D eigenvalue weighted by molar-refractivity contribution is 7.92. The Labute approximate surface area is 181 Å². The number of aryl methyl sites for hydroxylation is 2. The molecule has 0 bridgehead atoms. The summed E-state index contributed by atoms with van der Waals surface area (Å²) in [6.45, 7) is 3.63. The zero-order valence-electron chi connectivity index (χ0n) is 17.6. The summed E-state index contributed by atoms with van der Waals surface area (Å²) in [6.07, 6.45) is 0. The first-order valence-corrected chi connectivity index (χ1v) is 11.1. The summed E-state index contributed by atoms with van der Waals surface area (Å²) in [5.74, 6) is 1.20. The zero-order chi connectivity index (χ0) is 22.3. The van der Waals surface area contributed by atoms with Gasteiger partial charge in [0, 0.05) is 12.7 Å². The number of sulfonamides is 1. The van der Waals surface area contributed by atoms with Crippen molar-refractivity contribution in [2.45, 2.75) is 18.7 Å². The van der Waals surface area contributed by atoms with E-state index in [9.17, 15) is 13.2 Å². The van der Waals surface area contributed by atoms with Gasteiger partial charge in [0.05, 0.1) is 23.3 Å². The molecule has 3 aromatic carbocycles. The maximum Gasteiger partial charge on any atom is 0.262 e. The second kappa shape index (κ2) is 7.63. The van der Waals surface area contributed by atoms with Gasteiger partial charge in [-0.2, -0.15) is 0 Å². The van der Waals surface area contributed by atoms with Crippen molar-refractivity contribution in [2.75, 3.05) is 23.8 Å². The van der Waals surface area contributed by atoms with Crippen LogP contribution in [0.25, 0.3) is 0 Å². The molecule has 0 spiro atoms. The molecule has 1 heterocycles. The Kier molecular flexibility index (Phi) is 5.10. The van der Waals surface area contributed by atoms with Gasteiger partial charge in [-0.15, -0.1) is 0 Å². The summed E-state index contributed by atoms with van der Waals surface area (Å²) in [6, 6.07) is 15.0. The van der Waals surface area contributed by atoms with Crippen LogP contribution in [0.5, 0.6) is 17.2 Å². The first-order chi connectivity index (χ1) is 14.7. The van der Waals surface area contributed by atoms with Gasteiger partial charge < -0.3 is 14.4 Å². The first kappa shape index (κ1) is 20.7. The third-order valence-electron chi connectivity index (χ3n) is 5.13. The molecule has 1 amide bonds. The standard InChI is InChI=1S/C23H22N2O5S/c1-14-5-8-21-19(11-14)25(3)23(26)18-13-16(6-9-20(18)30-21)24-31(27,28)22-10-7-17(29-4)12-15(22)2/h5-13,24H,1-4H3. The molecule has 0 fully saturated rings. The number of hydrogen-bond acceptors (Lipinski definition) is 5. The van der Waals surface area contributed by atoms with Crippen molar-refractivity contribution in [2.24, 2.45) is 0 Å². The minimum atomic E-state index is -3.87. The molecule has 7 nitrogen and oxygen atoms in total. The Morgan fingerprint density at radius 3 is 2.42 bits per heavy atom. The maximum absolute atomic E-state index is 13.1. The maximum atomic E-state index is 13.1. The van der Waals surface area contributed by atoms with Gasteiger partial charge in [0.15, 0.2) is 5.75 Å². The van der Waals surface area contributed by atoms with Crippen LogP contribution in [0.3, 0.4) is 0 Å². The number of methoxy groups -OCH3 is 1. The van der Waals surface area contributed by atoms with E-state index in [0.717, 1.165) is 5.56 Å². The van der Waals surface area contributed by atoms with Crippen molar-refractivity contribution in [1.29, 1.82) is 0 Å². The first-order valence-electron chi connectivity index (χ1n) is 9.57. The van der Waals surface area contributed by atoms with Gasteiger partial charge in [-0.3, -0.25) is 9.52 Å². The van der Waals surface area contributed by atoms with Crippen LogP contribution in [-0.2, 0) is 10.0 Å². The third kappa shape index (κ3) is 3.82. The Hall–Kier alpha value is -3.52. The molecule has 0 aromatic heterocycles. The number of carbonyl (C=O) groups excluding carboxylic acids is 1. The van der Waals surface area contributed by atoms with Crippen LogP contribution < -0.4 is 19.1 Å². The highest BCUT2D eigenvalue weighted by Crippen LogP contribution is 2.39. The predicted molar refractivity (Wildman–Crippen MR) is 119 cm³/mol. The molecular formula is C23H22N2O5S. The molecule has 8 heteroatoms. The molecular weight excluding hydrogens is 416 g/mol. The molecule has 0 radical (unpaired) electrons. The number of amides is 1. The highest BCUT2D eigenvalue weighted by Gasteiger charge is 2.27. The summed E-state index contributed by atoms with van der Waals surface area (Å²) in [5, 5.41) is 0. The van der Waals surface area contributed by atoms with Crippen molar-refractivity contribution in [3.05, 3.63) is 71.3 Å². The zero-order valence-corrected chi connectivity index (χ0v) is 18.4. The molecule has 1 N–H and O–H groups in total. The summed E-state index contributed by atoms with van der Waals surface area (Å²) >= 11 is 0. The van der Waals surface area contributed by atoms with Crippen LogP contribution in [0, 0.1) is 13.8 Å². The Balaban J connectivity index is 1.69. The average Bonchev–Trinajstić information content (AvgIpc) is 2.83. The quantitative estimate of drug-likeness (QED) is 0.649. The number of ether oxygens (including phenoxy) is 2. The largest absolute Gasteiger partial charge is 0.497 e. The molecule has 4 rings (SSSR count). The lowest BCUT2D eigenvalue weighted by atomic mass is 10.1. The summed E-state index contributed by atoms with van der Waals surface area (Å²) in [4.78, 5) is 14.7. The molecule has 0 saturated carbocycles. The van der Waals surface area contributed by atoms with Crippen LogP contribution in [0.2, 0.25) is 0 Å². The fraction of sp³-hybridized carbons (Fsp3) is 0.174. The SMILES string of the molecule is COc1ccc(S(=O)(=O)Nc2ccc3c(c2)C(=O)N(C)c2cc(C)ccc2O3)c(C)c1. The molecule has 1 aliphatic heterocycles. The highest BCUT2D eigenvalue weighted by atomic mass is 32.2. The van der Waals surface area contributed by atoms with Crippen molar-refractivity contribution in [3.8, 4) is 17.2 Å². The lowest BCUT2D eigenvalue weighted by molar-refractivity contribution is 0.0993. The van der Waals surface area contributed by atoms with Gasteiger partial charge in [0.2, 0.25) is 0 Å². The van der Waals surface area contributed by atoms with Crippen molar-refractivity contribution in [3.63, 3.8) is 0 Å². The van der Waals surface area contributed by atoms with Crippen LogP contribution >= 0.6 is 0 Å². The van der Waals surface area contributed by atoms with E-state index in [-0.39, 0.29) is 22.1 Å². The Morgan fingerprint density at radius 2 is 1.71 bits per heavy atom. The molecule has 0 aliphatic carbocycles. The van der Waals surface area contributed by atoms with Gasteiger partial charge in [-0.1, -0.05) is 6.07 Å². The Morgan fingerprint density at radius 1 is 0.968 bits per heavy atom. The van der Waals surface area contributed by atoms with E-state index in [4.69, 9.17) is 9.47 Å². The van der Waals surface area contributed by atoms with Gasteiger partial charge in [-0.25, -0.2) is 8.42 Å². The molecule has 0 atom stereocenters. The van der Waals surface area contributed by atoms with Gasteiger partial charge in [-0.05, 0) is 73.5 Å². The van der Waals surface area contributed by atoms with Crippen molar-refractivity contribution >= 4 is 27.3 Å². The number of benzene rings is 3. The lowest BCUT2D eigenvalue weighted by Gasteiger charge is -2.17. The fourth-order valence-electron chi connectivity index (χ4n) is 3.49. The van der Waals surface area contributed by atoms with E-state index in [1.54, 1.807) is 38.2 Å². The molecule has 1 aliphatic rings. The molecule has 0 saturated heterocycles. The molecule has 0 unspecified atom stereocenters. The van der Waals surface area contributed by atoms with E-state index in [1.165, 1.54) is 24.1 Å². The van der Waals surface area contributed by atoms with Crippen molar-refractivity contribution < 1.29 is 22.7 Å². The van der Waals surface area contributed by atoms with Crippen LogP contribution in [0.15, 0.2) is 59.5 Å². The smallest absolute Gasteiger partial charge is 0.262 e. The normalized spacial score (nSPS) is 13.0. The number of anilines is 2. The van der Waals surface area contributed by atoms with Gasteiger partial charge in [0.1, 0.15) is 11.5 Å². The number of carbonyl (C=O) groups is 1. The van der Waals surface area contributed by atoms with E-state index in [0.29, 0.717) is 28.5 Å².